The van der Waals surface area contributed by atoms with Crippen LogP contribution in [0.15, 0.2) is 24.3 Å². The van der Waals surface area contributed by atoms with E-state index in [-0.39, 0.29) is 17.5 Å². The van der Waals surface area contributed by atoms with E-state index in [2.05, 4.69) is 38.1 Å². The Morgan fingerprint density at radius 3 is 1.70 bits per heavy atom. The molecular formula is C17H26O3. The zero-order valence-corrected chi connectivity index (χ0v) is 13.1. The van der Waals surface area contributed by atoms with Gasteiger partial charge in [0.05, 0.1) is 6.10 Å². The molecule has 1 aromatic rings. The Kier molecular flexibility index (Phi) is 8.73. The average molecular weight is 278 g/mol. The van der Waals surface area contributed by atoms with Crippen molar-refractivity contribution < 1.29 is 14.7 Å². The first-order valence-electron chi connectivity index (χ1n) is 6.95. The van der Waals surface area contributed by atoms with Crippen molar-refractivity contribution >= 4 is 11.6 Å². The highest BCUT2D eigenvalue weighted by Crippen LogP contribution is 2.12. The number of aryl methyl sites for hydroxylation is 2. The van der Waals surface area contributed by atoms with Gasteiger partial charge in [0.15, 0.2) is 0 Å². The average Bonchev–Trinajstić information content (AvgIpc) is 2.32. The van der Waals surface area contributed by atoms with Crippen LogP contribution in [0.3, 0.4) is 0 Å². The number of carbonyl (C=O) groups is 2. The van der Waals surface area contributed by atoms with Crippen LogP contribution in [0.4, 0.5) is 0 Å². The van der Waals surface area contributed by atoms with E-state index in [9.17, 15) is 9.59 Å². The van der Waals surface area contributed by atoms with Gasteiger partial charge in [-0.15, -0.1) is 0 Å². The minimum atomic E-state index is -0.651. The van der Waals surface area contributed by atoms with E-state index >= 15 is 0 Å². The summed E-state index contributed by atoms with van der Waals surface area (Å²) in [4.78, 5) is 21.5. The molecule has 3 nitrogen and oxygen atoms in total. The van der Waals surface area contributed by atoms with E-state index in [1.807, 2.05) is 0 Å². The molecule has 1 N–H and O–H groups in total. The van der Waals surface area contributed by atoms with Crippen LogP contribution in [0.5, 0.6) is 0 Å². The van der Waals surface area contributed by atoms with E-state index in [1.54, 1.807) is 6.92 Å². The lowest BCUT2D eigenvalue weighted by atomic mass is 9.93. The molecule has 0 amide bonds. The molecule has 2 unspecified atom stereocenters. The summed E-state index contributed by atoms with van der Waals surface area (Å²) < 4.78 is 0. The summed E-state index contributed by atoms with van der Waals surface area (Å²) in [6.07, 6.45) is 0.180. The summed E-state index contributed by atoms with van der Waals surface area (Å²) in [6, 6.07) is 8.48. The van der Waals surface area contributed by atoms with Gasteiger partial charge in [-0.2, -0.15) is 0 Å². The van der Waals surface area contributed by atoms with Crippen LogP contribution < -0.4 is 0 Å². The Hall–Kier alpha value is -1.48. The molecule has 0 saturated heterocycles. The predicted octanol–water partition coefficient (Wildman–Crippen LogP) is 3.25. The molecule has 112 valence electrons. The monoisotopic (exact) mass is 278 g/mol. The third-order valence-corrected chi connectivity index (χ3v) is 3.13. The highest BCUT2D eigenvalue weighted by Gasteiger charge is 2.19. The van der Waals surface area contributed by atoms with Gasteiger partial charge in [-0.05, 0) is 41.0 Å². The Labute approximate surface area is 122 Å². The normalized spacial score (nSPS) is 12.9. The molecule has 0 radical (unpaired) electrons. The zero-order valence-electron chi connectivity index (χ0n) is 13.1. The second-order valence-corrected chi connectivity index (χ2v) is 5.35. The highest BCUT2D eigenvalue weighted by molar-refractivity contribution is 5.80. The number of hydrogen-bond donors (Lipinski definition) is 1. The Morgan fingerprint density at radius 2 is 1.45 bits per heavy atom. The van der Waals surface area contributed by atoms with Crippen molar-refractivity contribution in [1.82, 2.24) is 0 Å². The molecule has 2 atom stereocenters. The zero-order chi connectivity index (χ0) is 15.7. The highest BCUT2D eigenvalue weighted by atomic mass is 16.3. The molecule has 0 heterocycles. The first-order chi connectivity index (χ1) is 9.23. The molecular weight excluding hydrogens is 252 g/mol. The minimum Gasteiger partial charge on any atom is -0.393 e. The number of rotatable bonds is 5. The van der Waals surface area contributed by atoms with Crippen molar-refractivity contribution in [1.29, 1.82) is 0 Å². The van der Waals surface area contributed by atoms with Gasteiger partial charge in [-0.3, -0.25) is 4.79 Å². The Balaban J connectivity index is 0.000000388. The van der Waals surface area contributed by atoms with Gasteiger partial charge in [0, 0.05) is 12.3 Å². The fraction of sp³-hybridized carbons (Fsp3) is 0.529. The SMILES string of the molecule is CC(=O)CCC(C(C)=O)C(C)O.Cc1ccc(C)cc1. The van der Waals surface area contributed by atoms with Crippen molar-refractivity contribution in [3.8, 4) is 0 Å². The van der Waals surface area contributed by atoms with Crippen LogP contribution >= 0.6 is 0 Å². The van der Waals surface area contributed by atoms with Crippen molar-refractivity contribution in [2.75, 3.05) is 0 Å². The van der Waals surface area contributed by atoms with Gasteiger partial charge in [-0.1, -0.05) is 35.4 Å². The van der Waals surface area contributed by atoms with Gasteiger partial charge in [-0.25, -0.2) is 0 Å². The quantitative estimate of drug-likeness (QED) is 0.899. The molecule has 1 rings (SSSR count). The van der Waals surface area contributed by atoms with Gasteiger partial charge < -0.3 is 9.90 Å². The molecule has 0 bridgehead atoms. The van der Waals surface area contributed by atoms with Gasteiger partial charge >= 0.3 is 0 Å². The molecule has 0 aliphatic carbocycles. The topological polar surface area (TPSA) is 54.4 Å². The second-order valence-electron chi connectivity index (χ2n) is 5.35. The van der Waals surface area contributed by atoms with Gasteiger partial charge in [0.1, 0.15) is 11.6 Å². The van der Waals surface area contributed by atoms with Crippen LogP contribution in [-0.4, -0.2) is 22.8 Å². The van der Waals surface area contributed by atoms with Crippen molar-refractivity contribution in [2.45, 2.75) is 53.6 Å². The van der Waals surface area contributed by atoms with Gasteiger partial charge in [0.2, 0.25) is 0 Å². The summed E-state index contributed by atoms with van der Waals surface area (Å²) in [6.45, 7) is 8.70. The molecule has 0 fully saturated rings. The van der Waals surface area contributed by atoms with Crippen LogP contribution in [0.25, 0.3) is 0 Å². The molecule has 0 aliphatic rings. The van der Waals surface area contributed by atoms with Crippen molar-refractivity contribution in [3.05, 3.63) is 35.4 Å². The molecule has 0 aliphatic heterocycles. The van der Waals surface area contributed by atoms with Crippen LogP contribution in [0.2, 0.25) is 0 Å². The lowest BCUT2D eigenvalue weighted by Crippen LogP contribution is -2.24. The number of carbonyl (C=O) groups excluding carboxylic acids is 2. The lowest BCUT2D eigenvalue weighted by Gasteiger charge is -2.15. The largest absolute Gasteiger partial charge is 0.393 e. The number of benzene rings is 1. The maximum atomic E-state index is 10.9. The summed E-state index contributed by atoms with van der Waals surface area (Å²) in [7, 11) is 0. The first-order valence-corrected chi connectivity index (χ1v) is 6.95. The van der Waals surface area contributed by atoms with Crippen LogP contribution in [0.1, 0.15) is 44.7 Å². The smallest absolute Gasteiger partial charge is 0.135 e. The standard InChI is InChI=1S/C9H16O3.C8H10/c1-6(10)4-5-9(7(2)11)8(3)12;1-7-3-5-8(2)6-4-7/h7,9,11H,4-5H2,1-3H3;3-6H,1-2H3. The van der Waals surface area contributed by atoms with E-state index in [4.69, 9.17) is 5.11 Å². The van der Waals surface area contributed by atoms with E-state index in [0.717, 1.165) is 0 Å². The Morgan fingerprint density at radius 1 is 1.05 bits per heavy atom. The molecule has 3 heteroatoms. The third-order valence-electron chi connectivity index (χ3n) is 3.13. The molecule has 20 heavy (non-hydrogen) atoms. The summed E-state index contributed by atoms with van der Waals surface area (Å²) in [5, 5.41) is 9.16. The number of aliphatic hydroxyl groups is 1. The summed E-state index contributed by atoms with van der Waals surface area (Å²) >= 11 is 0. The van der Waals surface area contributed by atoms with Crippen LogP contribution in [0, 0.1) is 19.8 Å². The second kappa shape index (κ2) is 9.43. The van der Waals surface area contributed by atoms with Gasteiger partial charge in [0.25, 0.3) is 0 Å². The predicted molar refractivity (Wildman–Crippen MR) is 81.7 cm³/mol. The van der Waals surface area contributed by atoms with Crippen molar-refractivity contribution in [2.24, 2.45) is 5.92 Å². The minimum absolute atomic E-state index is 0.0498. The number of ketones is 2. The maximum absolute atomic E-state index is 10.9. The molecule has 1 aromatic carbocycles. The number of aliphatic hydroxyl groups excluding tert-OH is 1. The van der Waals surface area contributed by atoms with E-state index < -0.39 is 6.10 Å². The number of hydrogen-bond acceptors (Lipinski definition) is 3. The Bertz CT molecular complexity index is 397. The summed E-state index contributed by atoms with van der Waals surface area (Å²) in [5.74, 6) is -0.373. The first kappa shape index (κ1) is 18.5. The van der Waals surface area contributed by atoms with Crippen LogP contribution in [-0.2, 0) is 9.59 Å². The lowest BCUT2D eigenvalue weighted by molar-refractivity contribution is -0.124. The molecule has 0 spiro atoms. The van der Waals surface area contributed by atoms with E-state index in [1.165, 1.54) is 25.0 Å². The third kappa shape index (κ3) is 8.59. The molecule has 0 saturated carbocycles. The summed E-state index contributed by atoms with van der Waals surface area (Å²) in [5.41, 5.74) is 2.66. The maximum Gasteiger partial charge on any atom is 0.135 e. The molecule has 0 aromatic heterocycles. The fourth-order valence-electron chi connectivity index (χ4n) is 1.78. The fourth-order valence-corrected chi connectivity index (χ4v) is 1.78. The van der Waals surface area contributed by atoms with E-state index in [0.29, 0.717) is 12.8 Å². The number of Topliss-reactive ketones (excluding diaryl/α,β-unsaturated/α-hetero) is 2. The van der Waals surface area contributed by atoms with Crippen molar-refractivity contribution in [3.63, 3.8) is 0 Å².